The first-order chi connectivity index (χ1) is 10.1. The fourth-order valence-electron chi connectivity index (χ4n) is 2.65. The molecule has 0 fully saturated rings. The molecule has 0 radical (unpaired) electrons. The summed E-state index contributed by atoms with van der Waals surface area (Å²) in [6.07, 6.45) is 3.81. The molecule has 1 atom stereocenters. The molecule has 0 saturated carbocycles. The molecule has 0 saturated heterocycles. The number of rotatable bonds is 6. The summed E-state index contributed by atoms with van der Waals surface area (Å²) in [5, 5.41) is 15.3. The van der Waals surface area contributed by atoms with Gasteiger partial charge in [0.25, 0.3) is 0 Å². The van der Waals surface area contributed by atoms with E-state index in [-0.39, 0.29) is 18.1 Å². The third-order valence-corrected chi connectivity index (χ3v) is 4.11. The quantitative estimate of drug-likeness (QED) is 0.753. The molecule has 1 aliphatic rings. The molecule has 0 heterocycles. The van der Waals surface area contributed by atoms with Crippen molar-refractivity contribution < 1.29 is 9.90 Å². The molecular weight excluding hydrogens is 264 g/mol. The standard InChI is InChI=1S/C17H26N2O2/c1-12(2)16(20)8-9-18-17(21)19-11-13-6-7-14-4-3-5-15(14)10-13/h6-7,10,12,16,20H,3-5,8-9,11H2,1-2H3,(H2,18,19,21). The molecule has 1 aromatic carbocycles. The van der Waals surface area contributed by atoms with Crippen LogP contribution in [0.25, 0.3) is 0 Å². The number of nitrogens with one attached hydrogen (secondary N) is 2. The Kier molecular flexibility index (Phi) is 5.62. The smallest absolute Gasteiger partial charge is 0.315 e. The number of aryl methyl sites for hydroxylation is 2. The van der Waals surface area contributed by atoms with Gasteiger partial charge in [-0.25, -0.2) is 4.79 Å². The van der Waals surface area contributed by atoms with Gasteiger partial charge >= 0.3 is 6.03 Å². The van der Waals surface area contributed by atoms with Crippen molar-refractivity contribution in [3.8, 4) is 0 Å². The Morgan fingerprint density at radius 2 is 2.00 bits per heavy atom. The summed E-state index contributed by atoms with van der Waals surface area (Å²) in [5.74, 6) is 0.223. The maximum absolute atomic E-state index is 11.7. The molecule has 0 aromatic heterocycles. The van der Waals surface area contributed by atoms with Crippen LogP contribution in [0, 0.1) is 5.92 Å². The van der Waals surface area contributed by atoms with E-state index in [1.807, 2.05) is 13.8 Å². The predicted octanol–water partition coefficient (Wildman–Crippen LogP) is 2.38. The van der Waals surface area contributed by atoms with Crippen LogP contribution in [0.15, 0.2) is 18.2 Å². The summed E-state index contributed by atoms with van der Waals surface area (Å²) >= 11 is 0. The zero-order valence-corrected chi connectivity index (χ0v) is 13.0. The van der Waals surface area contributed by atoms with Crippen molar-refractivity contribution >= 4 is 6.03 Å². The monoisotopic (exact) mass is 290 g/mol. The average molecular weight is 290 g/mol. The van der Waals surface area contributed by atoms with Crippen LogP contribution in [0.4, 0.5) is 4.79 Å². The average Bonchev–Trinajstić information content (AvgIpc) is 2.92. The van der Waals surface area contributed by atoms with Crippen LogP contribution < -0.4 is 10.6 Å². The topological polar surface area (TPSA) is 61.4 Å². The van der Waals surface area contributed by atoms with Gasteiger partial charge in [-0.3, -0.25) is 0 Å². The first kappa shape index (κ1) is 15.8. The number of fused-ring (bicyclic) bond motifs is 1. The van der Waals surface area contributed by atoms with Gasteiger partial charge in [0.2, 0.25) is 0 Å². The van der Waals surface area contributed by atoms with Crippen LogP contribution in [0.2, 0.25) is 0 Å². The Labute approximate surface area is 126 Å². The van der Waals surface area contributed by atoms with Gasteiger partial charge < -0.3 is 15.7 Å². The van der Waals surface area contributed by atoms with Crippen molar-refractivity contribution in [2.75, 3.05) is 6.54 Å². The Morgan fingerprint density at radius 1 is 1.24 bits per heavy atom. The number of carbonyl (C=O) groups excluding carboxylic acids is 1. The Bertz CT molecular complexity index is 486. The van der Waals surface area contributed by atoms with E-state index in [4.69, 9.17) is 0 Å². The highest BCUT2D eigenvalue weighted by atomic mass is 16.3. The van der Waals surface area contributed by atoms with E-state index in [0.29, 0.717) is 19.5 Å². The van der Waals surface area contributed by atoms with Gasteiger partial charge in [-0.2, -0.15) is 0 Å². The number of urea groups is 1. The summed E-state index contributed by atoms with van der Waals surface area (Å²) in [4.78, 5) is 11.7. The summed E-state index contributed by atoms with van der Waals surface area (Å²) in [6, 6.07) is 6.29. The molecule has 3 N–H and O–H groups in total. The van der Waals surface area contributed by atoms with Crippen molar-refractivity contribution in [3.63, 3.8) is 0 Å². The van der Waals surface area contributed by atoms with Crippen LogP contribution in [-0.2, 0) is 19.4 Å². The predicted molar refractivity (Wildman–Crippen MR) is 84.2 cm³/mol. The summed E-state index contributed by atoms with van der Waals surface area (Å²) < 4.78 is 0. The fourth-order valence-corrected chi connectivity index (χ4v) is 2.65. The van der Waals surface area contributed by atoms with Crippen molar-refractivity contribution in [1.29, 1.82) is 0 Å². The minimum absolute atomic E-state index is 0.175. The van der Waals surface area contributed by atoms with Gasteiger partial charge in [-0.05, 0) is 48.3 Å². The zero-order valence-electron chi connectivity index (χ0n) is 13.0. The van der Waals surface area contributed by atoms with E-state index in [9.17, 15) is 9.90 Å². The van der Waals surface area contributed by atoms with E-state index >= 15 is 0 Å². The molecule has 1 aliphatic carbocycles. The SMILES string of the molecule is CC(C)C(O)CCNC(=O)NCc1ccc2c(c1)CCC2. The van der Waals surface area contributed by atoms with E-state index in [0.717, 1.165) is 12.0 Å². The molecule has 21 heavy (non-hydrogen) atoms. The van der Waals surface area contributed by atoms with Gasteiger partial charge in [0, 0.05) is 13.1 Å². The number of benzene rings is 1. The van der Waals surface area contributed by atoms with E-state index in [2.05, 4.69) is 28.8 Å². The molecule has 1 unspecified atom stereocenters. The first-order valence-corrected chi connectivity index (χ1v) is 7.86. The van der Waals surface area contributed by atoms with E-state index < -0.39 is 0 Å². The summed E-state index contributed by atoms with van der Waals surface area (Å²) in [5.41, 5.74) is 4.02. The highest BCUT2D eigenvalue weighted by Crippen LogP contribution is 2.22. The van der Waals surface area contributed by atoms with Gasteiger partial charge in [-0.15, -0.1) is 0 Å². The third kappa shape index (κ3) is 4.74. The first-order valence-electron chi connectivity index (χ1n) is 7.86. The molecule has 4 nitrogen and oxygen atoms in total. The van der Waals surface area contributed by atoms with Crippen molar-refractivity contribution in [2.24, 2.45) is 5.92 Å². The van der Waals surface area contributed by atoms with Crippen LogP contribution in [0.5, 0.6) is 0 Å². The number of hydrogen-bond donors (Lipinski definition) is 3. The molecule has 0 spiro atoms. The van der Waals surface area contributed by atoms with Crippen LogP contribution in [0.1, 0.15) is 43.4 Å². The molecule has 4 heteroatoms. The molecule has 2 rings (SSSR count). The third-order valence-electron chi connectivity index (χ3n) is 4.11. The maximum atomic E-state index is 11.7. The molecular formula is C17H26N2O2. The Hall–Kier alpha value is -1.55. The van der Waals surface area contributed by atoms with Crippen molar-refractivity contribution in [1.82, 2.24) is 10.6 Å². The maximum Gasteiger partial charge on any atom is 0.315 e. The van der Waals surface area contributed by atoms with Crippen LogP contribution >= 0.6 is 0 Å². The zero-order chi connectivity index (χ0) is 15.2. The number of aliphatic hydroxyl groups is 1. The summed E-state index contributed by atoms with van der Waals surface area (Å²) in [6.45, 7) is 4.98. The van der Waals surface area contributed by atoms with Gasteiger partial charge in [0.15, 0.2) is 0 Å². The molecule has 0 aliphatic heterocycles. The number of carbonyl (C=O) groups is 1. The van der Waals surface area contributed by atoms with Gasteiger partial charge in [0.05, 0.1) is 6.10 Å². The number of aliphatic hydroxyl groups excluding tert-OH is 1. The second-order valence-electron chi connectivity index (χ2n) is 6.17. The second-order valence-corrected chi connectivity index (χ2v) is 6.17. The van der Waals surface area contributed by atoms with Crippen molar-refractivity contribution in [2.45, 2.75) is 52.2 Å². The highest BCUT2D eigenvalue weighted by Gasteiger charge is 2.11. The Balaban J connectivity index is 1.69. The number of amides is 2. The second kappa shape index (κ2) is 7.46. The van der Waals surface area contributed by atoms with Crippen LogP contribution in [-0.4, -0.2) is 23.8 Å². The lowest BCUT2D eigenvalue weighted by molar-refractivity contribution is 0.116. The molecule has 116 valence electrons. The molecule has 2 amide bonds. The minimum Gasteiger partial charge on any atom is -0.393 e. The normalized spacial score (nSPS) is 14.9. The molecule has 1 aromatic rings. The summed E-state index contributed by atoms with van der Waals surface area (Å²) in [7, 11) is 0. The van der Waals surface area contributed by atoms with Crippen LogP contribution in [0.3, 0.4) is 0 Å². The highest BCUT2D eigenvalue weighted by molar-refractivity contribution is 5.73. The van der Waals surface area contributed by atoms with Gasteiger partial charge in [0.1, 0.15) is 0 Å². The molecule has 0 bridgehead atoms. The minimum atomic E-state index is -0.359. The Morgan fingerprint density at radius 3 is 2.76 bits per heavy atom. The fraction of sp³-hybridized carbons (Fsp3) is 0.588. The largest absolute Gasteiger partial charge is 0.393 e. The number of hydrogen-bond acceptors (Lipinski definition) is 2. The van der Waals surface area contributed by atoms with Crippen molar-refractivity contribution in [3.05, 3.63) is 34.9 Å². The lowest BCUT2D eigenvalue weighted by atomic mass is 10.0. The van der Waals surface area contributed by atoms with E-state index in [1.54, 1.807) is 0 Å². The van der Waals surface area contributed by atoms with Gasteiger partial charge in [-0.1, -0.05) is 32.0 Å². The lowest BCUT2D eigenvalue weighted by Crippen LogP contribution is -2.37. The van der Waals surface area contributed by atoms with E-state index in [1.165, 1.54) is 24.0 Å². The lowest BCUT2D eigenvalue weighted by Gasteiger charge is -2.14.